The Morgan fingerprint density at radius 3 is 2.42 bits per heavy atom. The molecule has 100 valence electrons. The van der Waals surface area contributed by atoms with Gasteiger partial charge in [-0.1, -0.05) is 36.7 Å². The van der Waals surface area contributed by atoms with Gasteiger partial charge in [-0.05, 0) is 30.7 Å². The molecule has 0 radical (unpaired) electrons. The quantitative estimate of drug-likeness (QED) is 0.891. The molecule has 19 heavy (non-hydrogen) atoms. The van der Waals surface area contributed by atoms with Gasteiger partial charge in [0.25, 0.3) is 0 Å². The topological polar surface area (TPSA) is 20.2 Å². The summed E-state index contributed by atoms with van der Waals surface area (Å²) in [6.07, 6.45) is 0.178. The lowest BCUT2D eigenvalue weighted by Gasteiger charge is -2.29. The first-order valence-corrected chi connectivity index (χ1v) is 6.29. The second kappa shape index (κ2) is 5.27. The van der Waals surface area contributed by atoms with E-state index in [0.717, 1.165) is 6.07 Å². The molecule has 0 aliphatic carbocycles. The first kappa shape index (κ1) is 14.0. The molecule has 0 bridgehead atoms. The van der Waals surface area contributed by atoms with Crippen LogP contribution >= 0.6 is 11.6 Å². The zero-order chi connectivity index (χ0) is 14.0. The number of aliphatic hydroxyl groups is 1. The van der Waals surface area contributed by atoms with Crippen LogP contribution in [0.4, 0.5) is 8.78 Å². The third-order valence-corrected chi connectivity index (χ3v) is 3.53. The molecule has 1 nitrogen and oxygen atoms in total. The van der Waals surface area contributed by atoms with Crippen LogP contribution in [0.5, 0.6) is 0 Å². The highest BCUT2D eigenvalue weighted by Gasteiger charge is 2.34. The molecule has 1 N–H and O–H groups in total. The van der Waals surface area contributed by atoms with Crippen LogP contribution in [0.1, 0.15) is 24.5 Å². The Morgan fingerprint density at radius 2 is 1.79 bits per heavy atom. The summed E-state index contributed by atoms with van der Waals surface area (Å²) in [6.45, 7) is 1.69. The molecule has 0 saturated carbocycles. The summed E-state index contributed by atoms with van der Waals surface area (Å²) in [5, 5.41) is 11.0. The van der Waals surface area contributed by atoms with Gasteiger partial charge in [0.05, 0.1) is 0 Å². The van der Waals surface area contributed by atoms with Gasteiger partial charge in [0.1, 0.15) is 17.2 Å². The second-order valence-corrected chi connectivity index (χ2v) is 4.73. The van der Waals surface area contributed by atoms with Crippen molar-refractivity contribution in [1.82, 2.24) is 0 Å². The number of benzene rings is 2. The average Bonchev–Trinajstić information content (AvgIpc) is 2.41. The van der Waals surface area contributed by atoms with Gasteiger partial charge in [0.2, 0.25) is 0 Å². The van der Waals surface area contributed by atoms with Crippen LogP contribution < -0.4 is 0 Å². The minimum atomic E-state index is -1.65. The Labute approximate surface area is 115 Å². The Hall–Kier alpha value is -1.45. The fourth-order valence-corrected chi connectivity index (χ4v) is 2.41. The van der Waals surface area contributed by atoms with Crippen LogP contribution in [0.3, 0.4) is 0 Å². The van der Waals surface area contributed by atoms with Crippen molar-refractivity contribution in [2.75, 3.05) is 0 Å². The summed E-state index contributed by atoms with van der Waals surface area (Å²) in [6, 6.07) is 9.56. The van der Waals surface area contributed by atoms with E-state index in [9.17, 15) is 13.9 Å². The molecule has 2 aromatic rings. The number of rotatable bonds is 3. The maximum absolute atomic E-state index is 13.9. The predicted molar refractivity (Wildman–Crippen MR) is 71.1 cm³/mol. The SMILES string of the molecule is CCC(O)(c1ccccc1F)c1cc(F)ccc1Cl. The lowest BCUT2D eigenvalue weighted by atomic mass is 9.84. The zero-order valence-electron chi connectivity index (χ0n) is 10.3. The van der Waals surface area contributed by atoms with Crippen LogP contribution in [0, 0.1) is 11.6 Å². The Kier molecular flexibility index (Phi) is 3.88. The van der Waals surface area contributed by atoms with Crippen LogP contribution in [0.2, 0.25) is 5.02 Å². The molecule has 0 spiro atoms. The van der Waals surface area contributed by atoms with E-state index in [1.54, 1.807) is 13.0 Å². The highest BCUT2D eigenvalue weighted by molar-refractivity contribution is 6.31. The van der Waals surface area contributed by atoms with Crippen molar-refractivity contribution < 1.29 is 13.9 Å². The van der Waals surface area contributed by atoms with Crippen molar-refractivity contribution in [2.24, 2.45) is 0 Å². The maximum Gasteiger partial charge on any atom is 0.129 e. The van der Waals surface area contributed by atoms with Gasteiger partial charge in [0.15, 0.2) is 0 Å². The van der Waals surface area contributed by atoms with Gasteiger partial charge in [-0.25, -0.2) is 8.78 Å². The molecule has 1 atom stereocenters. The zero-order valence-corrected chi connectivity index (χ0v) is 11.1. The van der Waals surface area contributed by atoms with Gasteiger partial charge in [0, 0.05) is 16.1 Å². The fraction of sp³-hybridized carbons (Fsp3) is 0.200. The van der Waals surface area contributed by atoms with E-state index < -0.39 is 17.2 Å². The van der Waals surface area contributed by atoms with E-state index in [1.807, 2.05) is 0 Å². The van der Waals surface area contributed by atoms with Crippen molar-refractivity contribution in [1.29, 1.82) is 0 Å². The molecular weight excluding hydrogens is 270 g/mol. The largest absolute Gasteiger partial charge is 0.380 e. The number of halogens is 3. The first-order valence-electron chi connectivity index (χ1n) is 5.92. The summed E-state index contributed by atoms with van der Waals surface area (Å²) in [5.41, 5.74) is -1.39. The molecule has 0 aliphatic rings. The minimum absolute atomic E-state index is 0.0880. The average molecular weight is 283 g/mol. The lowest BCUT2D eigenvalue weighted by Crippen LogP contribution is -2.28. The van der Waals surface area contributed by atoms with Crippen molar-refractivity contribution in [3.8, 4) is 0 Å². The molecule has 0 aliphatic heterocycles. The Morgan fingerprint density at radius 1 is 1.11 bits per heavy atom. The van der Waals surface area contributed by atoms with Crippen molar-refractivity contribution in [2.45, 2.75) is 18.9 Å². The molecule has 0 aromatic heterocycles. The van der Waals surface area contributed by atoms with Gasteiger partial charge < -0.3 is 5.11 Å². The molecule has 2 rings (SSSR count). The van der Waals surface area contributed by atoms with Crippen molar-refractivity contribution in [3.63, 3.8) is 0 Å². The summed E-state index contributed by atoms with van der Waals surface area (Å²) in [5.74, 6) is -1.07. The predicted octanol–water partition coefficient (Wildman–Crippen LogP) is 4.26. The minimum Gasteiger partial charge on any atom is -0.380 e. The van der Waals surface area contributed by atoms with Crippen LogP contribution in [0.15, 0.2) is 42.5 Å². The Bertz CT molecular complexity index is 600. The van der Waals surface area contributed by atoms with Gasteiger partial charge >= 0.3 is 0 Å². The highest BCUT2D eigenvalue weighted by atomic mass is 35.5. The molecule has 0 saturated heterocycles. The first-order chi connectivity index (χ1) is 8.99. The summed E-state index contributed by atoms with van der Waals surface area (Å²) >= 11 is 6.01. The summed E-state index contributed by atoms with van der Waals surface area (Å²) in [7, 11) is 0. The van der Waals surface area contributed by atoms with Gasteiger partial charge in [-0.2, -0.15) is 0 Å². The summed E-state index contributed by atoms with van der Waals surface area (Å²) < 4.78 is 27.3. The normalized spacial score (nSPS) is 14.2. The monoisotopic (exact) mass is 282 g/mol. The highest BCUT2D eigenvalue weighted by Crippen LogP contribution is 2.38. The second-order valence-electron chi connectivity index (χ2n) is 4.32. The van der Waals surface area contributed by atoms with E-state index in [4.69, 9.17) is 11.6 Å². The van der Waals surface area contributed by atoms with Gasteiger partial charge in [-0.15, -0.1) is 0 Å². The van der Waals surface area contributed by atoms with Crippen molar-refractivity contribution >= 4 is 11.6 Å². The lowest BCUT2D eigenvalue weighted by molar-refractivity contribution is 0.0723. The smallest absolute Gasteiger partial charge is 0.129 e. The standard InChI is InChI=1S/C15H13ClF2O/c1-2-15(19,11-5-3-4-6-14(11)18)12-9-10(17)7-8-13(12)16/h3-9,19H,2H2,1H3. The van der Waals surface area contributed by atoms with Crippen LogP contribution in [-0.4, -0.2) is 5.11 Å². The van der Waals surface area contributed by atoms with Crippen molar-refractivity contribution in [3.05, 3.63) is 70.2 Å². The fourth-order valence-electron chi connectivity index (χ4n) is 2.14. The molecule has 0 amide bonds. The maximum atomic E-state index is 13.9. The molecule has 4 heteroatoms. The third-order valence-electron chi connectivity index (χ3n) is 3.21. The molecule has 0 heterocycles. The Balaban J connectivity index is 2.66. The third kappa shape index (κ3) is 2.48. The van der Waals surface area contributed by atoms with E-state index in [2.05, 4.69) is 0 Å². The summed E-state index contributed by atoms with van der Waals surface area (Å²) in [4.78, 5) is 0. The van der Waals surface area contributed by atoms with Crippen LogP contribution in [-0.2, 0) is 5.60 Å². The number of hydrogen-bond donors (Lipinski definition) is 1. The van der Waals surface area contributed by atoms with Crippen LogP contribution in [0.25, 0.3) is 0 Å². The molecule has 2 aromatic carbocycles. The van der Waals surface area contributed by atoms with E-state index in [1.165, 1.54) is 30.3 Å². The van der Waals surface area contributed by atoms with E-state index in [-0.39, 0.29) is 22.6 Å². The molecular formula is C15H13ClF2O. The van der Waals surface area contributed by atoms with E-state index in [0.29, 0.717) is 0 Å². The van der Waals surface area contributed by atoms with Gasteiger partial charge in [-0.3, -0.25) is 0 Å². The number of hydrogen-bond acceptors (Lipinski definition) is 1. The van der Waals surface area contributed by atoms with E-state index >= 15 is 0 Å². The molecule has 1 unspecified atom stereocenters. The molecule has 0 fully saturated rings.